The SMILES string of the molecule is CC(Cc1ccc2ccccc2n1)c1ccccc1. The number of aromatic nitrogens is 1. The molecule has 1 atom stereocenters. The average Bonchev–Trinajstić information content (AvgIpc) is 2.48. The molecule has 0 amide bonds. The van der Waals surface area contributed by atoms with Gasteiger partial charge in [0.15, 0.2) is 0 Å². The van der Waals surface area contributed by atoms with Gasteiger partial charge in [0.2, 0.25) is 0 Å². The Balaban J connectivity index is 1.85. The van der Waals surface area contributed by atoms with Crippen molar-refractivity contribution in [1.29, 1.82) is 0 Å². The Bertz CT molecular complexity index is 673. The summed E-state index contributed by atoms with van der Waals surface area (Å²) in [5.41, 5.74) is 3.62. The van der Waals surface area contributed by atoms with Crippen LogP contribution >= 0.6 is 0 Å². The van der Waals surface area contributed by atoms with Gasteiger partial charge in [0.1, 0.15) is 0 Å². The minimum Gasteiger partial charge on any atom is -0.253 e. The summed E-state index contributed by atoms with van der Waals surface area (Å²) in [5, 5.41) is 1.21. The standard InChI is InChI=1S/C18H17N/c1-14(15-7-3-2-4-8-15)13-17-12-11-16-9-5-6-10-18(16)19-17/h2-12,14H,13H2,1H3. The first kappa shape index (κ1) is 11.9. The summed E-state index contributed by atoms with van der Waals surface area (Å²) in [6.07, 6.45) is 0.981. The Kier molecular flexibility index (Phi) is 3.28. The summed E-state index contributed by atoms with van der Waals surface area (Å²) in [5.74, 6) is 0.495. The molecule has 0 fully saturated rings. The van der Waals surface area contributed by atoms with E-state index in [4.69, 9.17) is 4.98 Å². The monoisotopic (exact) mass is 247 g/mol. The molecule has 0 N–H and O–H groups in total. The van der Waals surface area contributed by atoms with Crippen LogP contribution in [0.4, 0.5) is 0 Å². The van der Waals surface area contributed by atoms with Crippen molar-refractivity contribution in [3.05, 3.63) is 78.0 Å². The average molecular weight is 247 g/mol. The molecular formula is C18H17N. The van der Waals surface area contributed by atoms with Crippen molar-refractivity contribution < 1.29 is 0 Å². The Morgan fingerprint density at radius 3 is 2.42 bits per heavy atom. The maximum absolute atomic E-state index is 4.74. The largest absolute Gasteiger partial charge is 0.253 e. The van der Waals surface area contributed by atoms with E-state index in [1.54, 1.807) is 0 Å². The van der Waals surface area contributed by atoms with Gasteiger partial charge in [-0.05, 0) is 30.0 Å². The normalized spacial score (nSPS) is 12.5. The molecule has 3 rings (SSSR count). The molecule has 0 aliphatic carbocycles. The van der Waals surface area contributed by atoms with Gasteiger partial charge in [-0.25, -0.2) is 0 Å². The molecule has 0 radical (unpaired) electrons. The Morgan fingerprint density at radius 2 is 1.58 bits per heavy atom. The molecule has 2 aromatic carbocycles. The third-order valence-corrected chi connectivity index (χ3v) is 3.54. The highest BCUT2D eigenvalue weighted by Crippen LogP contribution is 2.20. The van der Waals surface area contributed by atoms with E-state index in [0.717, 1.165) is 17.6 Å². The third kappa shape index (κ3) is 2.65. The lowest BCUT2D eigenvalue weighted by Gasteiger charge is -2.11. The Morgan fingerprint density at radius 1 is 0.842 bits per heavy atom. The van der Waals surface area contributed by atoms with E-state index in [2.05, 4.69) is 67.6 Å². The van der Waals surface area contributed by atoms with Crippen molar-refractivity contribution in [3.63, 3.8) is 0 Å². The fraction of sp³-hybridized carbons (Fsp3) is 0.167. The van der Waals surface area contributed by atoms with Gasteiger partial charge < -0.3 is 0 Å². The van der Waals surface area contributed by atoms with Crippen LogP contribution < -0.4 is 0 Å². The van der Waals surface area contributed by atoms with Crippen LogP contribution in [0.5, 0.6) is 0 Å². The van der Waals surface area contributed by atoms with E-state index in [-0.39, 0.29) is 0 Å². The summed E-state index contributed by atoms with van der Waals surface area (Å²) in [6, 6.07) is 23.2. The molecule has 1 nitrogen and oxygen atoms in total. The van der Waals surface area contributed by atoms with Crippen LogP contribution in [0.15, 0.2) is 66.7 Å². The lowest BCUT2D eigenvalue weighted by Crippen LogP contribution is -2.00. The number of pyridine rings is 1. The van der Waals surface area contributed by atoms with E-state index in [1.807, 2.05) is 6.07 Å². The number of nitrogens with zero attached hydrogens (tertiary/aromatic N) is 1. The van der Waals surface area contributed by atoms with Crippen LogP contribution in [0.25, 0.3) is 10.9 Å². The zero-order valence-corrected chi connectivity index (χ0v) is 11.1. The summed E-state index contributed by atoms with van der Waals surface area (Å²) < 4.78 is 0. The number of fused-ring (bicyclic) bond motifs is 1. The minimum atomic E-state index is 0.495. The second-order valence-electron chi connectivity index (χ2n) is 5.01. The predicted molar refractivity (Wildman–Crippen MR) is 80.3 cm³/mol. The first-order chi connectivity index (χ1) is 9.33. The maximum atomic E-state index is 4.74. The van der Waals surface area contributed by atoms with Crippen molar-refractivity contribution in [2.24, 2.45) is 0 Å². The van der Waals surface area contributed by atoms with Crippen molar-refractivity contribution in [3.8, 4) is 0 Å². The van der Waals surface area contributed by atoms with E-state index >= 15 is 0 Å². The lowest BCUT2D eigenvalue weighted by molar-refractivity contribution is 0.744. The van der Waals surface area contributed by atoms with Gasteiger partial charge in [0.25, 0.3) is 0 Å². The maximum Gasteiger partial charge on any atom is 0.0705 e. The molecule has 94 valence electrons. The van der Waals surface area contributed by atoms with Crippen LogP contribution in [-0.2, 0) is 6.42 Å². The van der Waals surface area contributed by atoms with Crippen molar-refractivity contribution in [1.82, 2.24) is 4.98 Å². The van der Waals surface area contributed by atoms with E-state index in [9.17, 15) is 0 Å². The van der Waals surface area contributed by atoms with E-state index in [1.165, 1.54) is 10.9 Å². The van der Waals surface area contributed by atoms with Crippen LogP contribution in [0.1, 0.15) is 24.1 Å². The van der Waals surface area contributed by atoms with Gasteiger partial charge in [-0.2, -0.15) is 0 Å². The molecule has 19 heavy (non-hydrogen) atoms. The molecule has 1 aromatic heterocycles. The Hall–Kier alpha value is -2.15. The number of hydrogen-bond acceptors (Lipinski definition) is 1. The molecule has 1 heteroatoms. The number of rotatable bonds is 3. The zero-order chi connectivity index (χ0) is 13.1. The molecule has 0 aliphatic heterocycles. The first-order valence-electron chi connectivity index (χ1n) is 6.72. The second-order valence-corrected chi connectivity index (χ2v) is 5.01. The van der Waals surface area contributed by atoms with Crippen LogP contribution in [-0.4, -0.2) is 4.98 Å². The van der Waals surface area contributed by atoms with Gasteiger partial charge >= 0.3 is 0 Å². The summed E-state index contributed by atoms with van der Waals surface area (Å²) >= 11 is 0. The quantitative estimate of drug-likeness (QED) is 0.660. The van der Waals surface area contributed by atoms with Gasteiger partial charge in [0.05, 0.1) is 5.52 Å². The van der Waals surface area contributed by atoms with Crippen molar-refractivity contribution >= 4 is 10.9 Å². The first-order valence-corrected chi connectivity index (χ1v) is 6.72. The molecule has 0 aliphatic rings. The van der Waals surface area contributed by atoms with E-state index < -0.39 is 0 Å². The molecule has 3 aromatic rings. The predicted octanol–water partition coefficient (Wildman–Crippen LogP) is 4.58. The van der Waals surface area contributed by atoms with Gasteiger partial charge in [-0.3, -0.25) is 4.98 Å². The smallest absolute Gasteiger partial charge is 0.0705 e. The minimum absolute atomic E-state index is 0.495. The highest BCUT2D eigenvalue weighted by molar-refractivity contribution is 5.78. The number of benzene rings is 2. The van der Waals surface area contributed by atoms with Crippen LogP contribution in [0, 0.1) is 0 Å². The second kappa shape index (κ2) is 5.23. The molecule has 1 unspecified atom stereocenters. The molecule has 0 saturated heterocycles. The van der Waals surface area contributed by atoms with Gasteiger partial charge in [0, 0.05) is 11.1 Å². The van der Waals surface area contributed by atoms with E-state index in [0.29, 0.717) is 5.92 Å². The Labute approximate surface area is 113 Å². The van der Waals surface area contributed by atoms with Gasteiger partial charge in [-0.15, -0.1) is 0 Å². The lowest BCUT2D eigenvalue weighted by atomic mass is 9.96. The van der Waals surface area contributed by atoms with Crippen molar-refractivity contribution in [2.75, 3.05) is 0 Å². The molecule has 0 spiro atoms. The highest BCUT2D eigenvalue weighted by Gasteiger charge is 2.07. The van der Waals surface area contributed by atoms with Crippen molar-refractivity contribution in [2.45, 2.75) is 19.3 Å². The number of hydrogen-bond donors (Lipinski definition) is 0. The highest BCUT2D eigenvalue weighted by atomic mass is 14.7. The topological polar surface area (TPSA) is 12.9 Å². The third-order valence-electron chi connectivity index (χ3n) is 3.54. The molecule has 0 bridgehead atoms. The van der Waals surface area contributed by atoms with Crippen LogP contribution in [0.3, 0.4) is 0 Å². The summed E-state index contributed by atoms with van der Waals surface area (Å²) in [6.45, 7) is 2.26. The molecular weight excluding hydrogens is 230 g/mol. The van der Waals surface area contributed by atoms with Crippen LogP contribution in [0.2, 0.25) is 0 Å². The summed E-state index contributed by atoms with van der Waals surface area (Å²) in [7, 11) is 0. The number of para-hydroxylation sites is 1. The molecule has 1 heterocycles. The fourth-order valence-electron chi connectivity index (χ4n) is 2.44. The summed E-state index contributed by atoms with van der Waals surface area (Å²) in [4.78, 5) is 4.74. The fourth-order valence-corrected chi connectivity index (χ4v) is 2.44. The molecule has 0 saturated carbocycles. The zero-order valence-electron chi connectivity index (χ0n) is 11.1. The van der Waals surface area contributed by atoms with Gasteiger partial charge in [-0.1, -0.05) is 61.5 Å².